The van der Waals surface area contributed by atoms with Gasteiger partial charge in [-0.2, -0.15) is 5.26 Å². The van der Waals surface area contributed by atoms with E-state index in [9.17, 15) is 18.8 Å². The first-order chi connectivity index (χ1) is 14.9. The summed E-state index contributed by atoms with van der Waals surface area (Å²) in [5.74, 6) is -2.05. The van der Waals surface area contributed by atoms with Crippen molar-refractivity contribution in [3.05, 3.63) is 65.5 Å². The number of rotatable bonds is 6. The molecule has 1 atom stereocenters. The van der Waals surface area contributed by atoms with Crippen LogP contribution >= 0.6 is 0 Å². The van der Waals surface area contributed by atoms with Crippen molar-refractivity contribution >= 4 is 16.8 Å². The van der Waals surface area contributed by atoms with E-state index in [1.165, 1.54) is 23.4 Å². The highest BCUT2D eigenvalue weighted by Crippen LogP contribution is 2.39. The highest BCUT2D eigenvalue weighted by atomic mass is 19.2. The number of hydrogen-bond acceptors (Lipinski definition) is 3. The summed E-state index contributed by atoms with van der Waals surface area (Å²) < 4.78 is 29.1. The van der Waals surface area contributed by atoms with Gasteiger partial charge >= 0.3 is 0 Å². The van der Waals surface area contributed by atoms with E-state index in [0.717, 1.165) is 42.9 Å². The van der Waals surface area contributed by atoms with Crippen molar-refractivity contribution in [1.82, 2.24) is 9.55 Å². The number of fused-ring (bicyclic) bond motifs is 1. The first-order valence-electron chi connectivity index (χ1n) is 10.8. The second-order valence-electron chi connectivity index (χ2n) is 8.62. The van der Waals surface area contributed by atoms with Gasteiger partial charge in [-0.25, -0.2) is 13.8 Å². The van der Waals surface area contributed by atoms with Crippen molar-refractivity contribution in [3.63, 3.8) is 0 Å². The molecular weight excluding hydrogens is 396 g/mol. The average Bonchev–Trinajstić information content (AvgIpc) is 3.20. The first-order valence-corrected chi connectivity index (χ1v) is 10.8. The molecule has 1 aliphatic carbocycles. The van der Waals surface area contributed by atoms with Crippen molar-refractivity contribution in [3.8, 4) is 6.07 Å². The van der Waals surface area contributed by atoms with Gasteiger partial charge in [-0.3, -0.25) is 4.79 Å². The minimum Gasteiger partial charge on any atom is -0.321 e. The summed E-state index contributed by atoms with van der Waals surface area (Å²) in [4.78, 5) is 16.7. The van der Waals surface area contributed by atoms with Gasteiger partial charge in [0.1, 0.15) is 5.52 Å². The van der Waals surface area contributed by atoms with Crippen LogP contribution in [-0.4, -0.2) is 15.3 Å². The monoisotopic (exact) mass is 421 g/mol. The summed E-state index contributed by atoms with van der Waals surface area (Å²) in [7, 11) is 0. The molecule has 2 aromatic carbocycles. The van der Waals surface area contributed by atoms with Crippen LogP contribution < -0.4 is 0 Å². The highest BCUT2D eigenvalue weighted by molar-refractivity contribution is 5.82. The van der Waals surface area contributed by atoms with E-state index < -0.39 is 17.0 Å². The Hall–Kier alpha value is -3.07. The van der Waals surface area contributed by atoms with Gasteiger partial charge in [0.05, 0.1) is 29.9 Å². The Balaban J connectivity index is 1.45. The van der Waals surface area contributed by atoms with E-state index in [0.29, 0.717) is 5.52 Å². The molecule has 1 unspecified atom stereocenters. The summed E-state index contributed by atoms with van der Waals surface area (Å²) in [6.45, 7) is 1.91. The van der Waals surface area contributed by atoms with Crippen LogP contribution in [0.4, 0.5) is 8.78 Å². The third-order valence-corrected chi connectivity index (χ3v) is 6.51. The number of hydrogen-bond donors (Lipinski definition) is 0. The van der Waals surface area contributed by atoms with Crippen LogP contribution in [0.1, 0.15) is 62.5 Å². The van der Waals surface area contributed by atoms with Gasteiger partial charge in [-0.1, -0.05) is 50.5 Å². The van der Waals surface area contributed by atoms with Crippen LogP contribution in [0, 0.1) is 23.0 Å². The fourth-order valence-electron chi connectivity index (χ4n) is 4.68. The van der Waals surface area contributed by atoms with Crippen LogP contribution in [0.25, 0.3) is 11.0 Å². The lowest BCUT2D eigenvalue weighted by atomic mass is 9.70. The fourth-order valence-corrected chi connectivity index (χ4v) is 4.68. The first kappa shape index (κ1) is 21.2. The number of aromatic nitrogens is 2. The van der Waals surface area contributed by atoms with Gasteiger partial charge in [0.15, 0.2) is 17.4 Å². The van der Waals surface area contributed by atoms with Gasteiger partial charge in [-0.05, 0) is 42.0 Å². The number of benzene rings is 2. The molecule has 4 rings (SSSR count). The lowest BCUT2D eigenvalue weighted by Crippen LogP contribution is -2.27. The number of halogens is 2. The molecule has 1 fully saturated rings. The molecule has 0 bridgehead atoms. The second kappa shape index (κ2) is 8.58. The zero-order valence-electron chi connectivity index (χ0n) is 17.6. The van der Waals surface area contributed by atoms with E-state index in [1.54, 1.807) is 0 Å². The molecule has 3 aromatic rings. The third-order valence-electron chi connectivity index (χ3n) is 6.51. The van der Waals surface area contributed by atoms with Gasteiger partial charge < -0.3 is 4.57 Å². The van der Waals surface area contributed by atoms with Crippen LogP contribution in [0.2, 0.25) is 0 Å². The van der Waals surface area contributed by atoms with E-state index >= 15 is 0 Å². The predicted molar refractivity (Wildman–Crippen MR) is 115 cm³/mol. The average molecular weight is 421 g/mol. The number of carbonyl (C=O) groups is 1. The van der Waals surface area contributed by atoms with E-state index in [1.807, 2.05) is 31.2 Å². The van der Waals surface area contributed by atoms with Crippen molar-refractivity contribution in [2.24, 2.45) is 0 Å². The smallest absolute Gasteiger partial charge is 0.184 e. The Morgan fingerprint density at radius 2 is 1.87 bits per heavy atom. The molecule has 4 nitrogen and oxygen atoms in total. The maximum Gasteiger partial charge on any atom is 0.184 e. The number of ketones is 1. The van der Waals surface area contributed by atoms with Crippen LogP contribution in [-0.2, 0) is 16.8 Å². The molecule has 160 valence electrons. The SMILES string of the molecule is CC(CC(=O)Cn1cnc2ccc(F)c(F)c21)c1ccc(C2(C#N)CCCCC2)cc1. The Labute approximate surface area is 180 Å². The lowest BCUT2D eigenvalue weighted by molar-refractivity contribution is -0.119. The summed E-state index contributed by atoms with van der Waals surface area (Å²) >= 11 is 0. The Bertz CT molecular complexity index is 1140. The van der Waals surface area contributed by atoms with Crippen molar-refractivity contribution in [2.45, 2.75) is 63.3 Å². The lowest BCUT2D eigenvalue weighted by Gasteiger charge is -2.31. The predicted octanol–water partition coefficient (Wildman–Crippen LogP) is 5.80. The van der Waals surface area contributed by atoms with Crippen molar-refractivity contribution in [1.29, 1.82) is 5.26 Å². The van der Waals surface area contributed by atoms with Gasteiger partial charge in [0.25, 0.3) is 0 Å². The molecule has 1 aliphatic rings. The van der Waals surface area contributed by atoms with Crippen molar-refractivity contribution in [2.75, 3.05) is 0 Å². The molecule has 1 saturated carbocycles. The number of nitriles is 1. The largest absolute Gasteiger partial charge is 0.321 e. The van der Waals surface area contributed by atoms with Gasteiger partial charge in [0.2, 0.25) is 0 Å². The molecule has 1 heterocycles. The molecule has 0 aliphatic heterocycles. The van der Waals surface area contributed by atoms with E-state index in [4.69, 9.17) is 0 Å². The quantitative estimate of drug-likeness (QED) is 0.505. The van der Waals surface area contributed by atoms with Crippen LogP contribution in [0.5, 0.6) is 0 Å². The maximum atomic E-state index is 14.2. The Morgan fingerprint density at radius 3 is 2.55 bits per heavy atom. The van der Waals surface area contributed by atoms with E-state index in [-0.39, 0.29) is 30.2 Å². The minimum absolute atomic E-state index is 0.0136. The molecule has 1 aromatic heterocycles. The molecule has 0 radical (unpaired) electrons. The van der Waals surface area contributed by atoms with Crippen LogP contribution in [0.15, 0.2) is 42.7 Å². The van der Waals surface area contributed by atoms with Crippen molar-refractivity contribution < 1.29 is 13.6 Å². The van der Waals surface area contributed by atoms with E-state index in [2.05, 4.69) is 11.1 Å². The van der Waals surface area contributed by atoms with Gasteiger partial charge in [0, 0.05) is 6.42 Å². The number of carbonyl (C=O) groups excluding carboxylic acids is 1. The molecular formula is C25H25F2N3O. The zero-order chi connectivity index (χ0) is 22.0. The molecule has 0 saturated heterocycles. The van der Waals surface area contributed by atoms with Gasteiger partial charge in [-0.15, -0.1) is 0 Å². The second-order valence-corrected chi connectivity index (χ2v) is 8.62. The summed E-state index contributed by atoms with van der Waals surface area (Å²) in [6.07, 6.45) is 6.78. The van der Waals surface area contributed by atoms with Crippen LogP contribution in [0.3, 0.4) is 0 Å². The topological polar surface area (TPSA) is 58.7 Å². The third kappa shape index (κ3) is 4.10. The highest BCUT2D eigenvalue weighted by Gasteiger charge is 2.33. The number of Topliss-reactive ketones (excluding diaryl/α,β-unsaturated/α-hetero) is 1. The molecule has 6 heteroatoms. The summed E-state index contributed by atoms with van der Waals surface area (Å²) in [6, 6.07) is 13.0. The number of nitrogens with zero attached hydrogens (tertiary/aromatic N) is 3. The summed E-state index contributed by atoms with van der Waals surface area (Å²) in [5.41, 5.74) is 2.02. The minimum atomic E-state index is -0.986. The molecule has 31 heavy (non-hydrogen) atoms. The molecule has 0 spiro atoms. The Morgan fingerprint density at radius 1 is 1.16 bits per heavy atom. The fraction of sp³-hybridized carbons (Fsp3) is 0.400. The summed E-state index contributed by atoms with van der Waals surface area (Å²) in [5, 5.41) is 9.77. The maximum absolute atomic E-state index is 14.2. The Kier molecular flexibility index (Phi) is 5.86. The molecule has 0 N–H and O–H groups in total. The number of imidazole rings is 1. The standard InChI is InChI=1S/C25H25F2N3O/c1-17(18-5-7-19(8-6-18)25(15-28)11-3-2-4-12-25)13-20(31)14-30-16-29-22-10-9-21(26)23(27)24(22)30/h5-10,16-17H,2-4,11-14H2,1H3. The molecule has 0 amide bonds. The normalized spacial score (nSPS) is 16.7. The zero-order valence-corrected chi connectivity index (χ0v) is 17.6.